The van der Waals surface area contributed by atoms with E-state index in [0.29, 0.717) is 11.4 Å². The minimum atomic E-state index is -0.798. The summed E-state index contributed by atoms with van der Waals surface area (Å²) in [7, 11) is 1.19. The van der Waals surface area contributed by atoms with Crippen molar-refractivity contribution in [2.75, 3.05) is 18.3 Å². The number of hydrogen-bond acceptors (Lipinski definition) is 6. The Morgan fingerprint density at radius 3 is 2.70 bits per heavy atom. The number of methoxy groups -OCH3 is 1. The van der Waals surface area contributed by atoms with Crippen LogP contribution in [0.1, 0.15) is 0 Å². The van der Waals surface area contributed by atoms with E-state index in [-0.39, 0.29) is 5.71 Å². The lowest BCUT2D eigenvalue weighted by atomic mass is 10.1. The zero-order chi connectivity index (χ0) is 14.5. The third kappa shape index (κ3) is 2.52. The Kier molecular flexibility index (Phi) is 3.82. The topological polar surface area (TPSA) is 100 Å². The van der Waals surface area contributed by atoms with Crippen LogP contribution in [-0.2, 0) is 9.53 Å². The molecule has 0 aliphatic rings. The Hall–Kier alpha value is -3.07. The second-order valence-corrected chi connectivity index (χ2v) is 3.93. The number of esters is 1. The highest BCUT2D eigenvalue weighted by Crippen LogP contribution is 2.28. The van der Waals surface area contributed by atoms with E-state index < -0.39 is 5.97 Å². The molecule has 0 saturated heterocycles. The van der Waals surface area contributed by atoms with E-state index in [1.807, 2.05) is 24.3 Å². The number of rotatable bonds is 3. The number of fused-ring (bicyclic) bond motifs is 1. The van der Waals surface area contributed by atoms with Crippen LogP contribution in [0.15, 0.2) is 41.5 Å². The summed E-state index contributed by atoms with van der Waals surface area (Å²) < 4.78 is 4.45. The number of hydrogen-bond donors (Lipinski definition) is 2. The van der Waals surface area contributed by atoms with Crippen molar-refractivity contribution < 1.29 is 9.53 Å². The highest BCUT2D eigenvalue weighted by molar-refractivity contribution is 6.43. The normalized spacial score (nSPS) is 10.9. The van der Waals surface area contributed by atoms with Crippen LogP contribution in [0.4, 0.5) is 11.4 Å². The summed E-state index contributed by atoms with van der Waals surface area (Å²) in [6.07, 6.45) is 0. The second-order valence-electron chi connectivity index (χ2n) is 3.93. The molecule has 0 aliphatic carbocycles. The molecule has 0 radical (unpaired) electrons. The molecule has 100 valence electrons. The molecule has 2 aromatic rings. The third-order valence-electron chi connectivity index (χ3n) is 2.71. The van der Waals surface area contributed by atoms with Crippen LogP contribution in [0.25, 0.3) is 10.8 Å². The van der Waals surface area contributed by atoms with E-state index in [2.05, 4.69) is 15.3 Å². The van der Waals surface area contributed by atoms with Gasteiger partial charge in [0.25, 0.3) is 0 Å². The molecular formula is C14H12N4O2. The van der Waals surface area contributed by atoms with Gasteiger partial charge in [-0.25, -0.2) is 4.79 Å². The van der Waals surface area contributed by atoms with Crippen molar-refractivity contribution in [1.29, 1.82) is 5.26 Å². The summed E-state index contributed by atoms with van der Waals surface area (Å²) in [6, 6.07) is 12.7. The minimum absolute atomic E-state index is 0.362. The molecule has 6 heteroatoms. The zero-order valence-electron chi connectivity index (χ0n) is 10.8. The van der Waals surface area contributed by atoms with Gasteiger partial charge in [-0.3, -0.25) is 5.43 Å². The molecule has 0 unspecified atom stereocenters. The van der Waals surface area contributed by atoms with Crippen molar-refractivity contribution >= 4 is 33.8 Å². The van der Waals surface area contributed by atoms with E-state index in [1.54, 1.807) is 18.2 Å². The fourth-order valence-electron chi connectivity index (χ4n) is 1.79. The van der Waals surface area contributed by atoms with Crippen LogP contribution in [0.5, 0.6) is 0 Å². The van der Waals surface area contributed by atoms with Crippen LogP contribution in [0, 0.1) is 11.3 Å². The van der Waals surface area contributed by atoms with Crippen molar-refractivity contribution in [3.05, 3.63) is 36.4 Å². The average molecular weight is 268 g/mol. The smallest absolute Gasteiger partial charge is 0.369 e. The molecule has 0 saturated carbocycles. The Labute approximate surface area is 115 Å². The summed E-state index contributed by atoms with van der Waals surface area (Å²) >= 11 is 0. The number of nitrogens with one attached hydrogen (secondary N) is 1. The molecule has 0 aliphatic heterocycles. The van der Waals surface area contributed by atoms with Crippen molar-refractivity contribution in [1.82, 2.24) is 0 Å². The van der Waals surface area contributed by atoms with Crippen molar-refractivity contribution in [2.24, 2.45) is 5.10 Å². The fourth-order valence-corrected chi connectivity index (χ4v) is 1.79. The first-order chi connectivity index (χ1) is 9.67. The van der Waals surface area contributed by atoms with Gasteiger partial charge in [-0.05, 0) is 17.5 Å². The molecular weight excluding hydrogens is 256 g/mol. The summed E-state index contributed by atoms with van der Waals surface area (Å²) in [6.45, 7) is 0. The van der Waals surface area contributed by atoms with Gasteiger partial charge in [0.1, 0.15) is 6.07 Å². The number of carbonyl (C=O) groups is 1. The number of benzene rings is 2. The fraction of sp³-hybridized carbons (Fsp3) is 0.0714. The number of nitrogens with two attached hydrogens (primary N) is 1. The molecule has 6 nitrogen and oxygen atoms in total. The number of hydrazone groups is 1. The third-order valence-corrected chi connectivity index (χ3v) is 2.71. The van der Waals surface area contributed by atoms with Crippen LogP contribution in [-0.4, -0.2) is 18.8 Å². The Balaban J connectivity index is 2.43. The molecule has 0 atom stereocenters. The van der Waals surface area contributed by atoms with Crippen molar-refractivity contribution in [2.45, 2.75) is 0 Å². The first kappa shape index (κ1) is 13.4. The Bertz CT molecular complexity index is 726. The quantitative estimate of drug-likeness (QED) is 0.383. The second kappa shape index (κ2) is 5.71. The first-order valence-corrected chi connectivity index (χ1v) is 5.76. The highest BCUT2D eigenvalue weighted by atomic mass is 16.5. The van der Waals surface area contributed by atoms with Gasteiger partial charge in [-0.1, -0.05) is 24.3 Å². The summed E-state index contributed by atoms with van der Waals surface area (Å²) in [5, 5.41) is 14.3. The molecule has 2 aromatic carbocycles. The molecule has 3 N–H and O–H groups in total. The number of nitriles is 1. The molecule has 0 fully saturated rings. The monoisotopic (exact) mass is 268 g/mol. The maximum atomic E-state index is 11.3. The lowest BCUT2D eigenvalue weighted by Gasteiger charge is -2.08. The van der Waals surface area contributed by atoms with Gasteiger partial charge in [0.2, 0.25) is 5.71 Å². The molecule has 0 spiro atoms. The molecule has 0 heterocycles. The van der Waals surface area contributed by atoms with Crippen LogP contribution in [0.2, 0.25) is 0 Å². The number of ether oxygens (including phenoxy) is 1. The van der Waals surface area contributed by atoms with Gasteiger partial charge in [-0.2, -0.15) is 10.4 Å². The first-order valence-electron chi connectivity index (χ1n) is 5.76. The van der Waals surface area contributed by atoms with E-state index >= 15 is 0 Å². The zero-order valence-corrected chi connectivity index (χ0v) is 10.8. The van der Waals surface area contributed by atoms with E-state index in [9.17, 15) is 4.79 Å². The summed E-state index contributed by atoms with van der Waals surface area (Å²) in [4.78, 5) is 11.3. The Morgan fingerprint density at radius 2 is 2.05 bits per heavy atom. The number of nitrogen functional groups attached to an aromatic ring is 1. The number of carbonyl (C=O) groups excluding carboxylic acids is 1. The predicted octanol–water partition coefficient (Wildman–Crippen LogP) is 1.89. The van der Waals surface area contributed by atoms with E-state index in [1.165, 1.54) is 7.11 Å². The highest BCUT2D eigenvalue weighted by Gasteiger charge is 2.11. The van der Waals surface area contributed by atoms with E-state index in [0.717, 1.165) is 10.8 Å². The van der Waals surface area contributed by atoms with Crippen LogP contribution >= 0.6 is 0 Å². The summed E-state index contributed by atoms with van der Waals surface area (Å²) in [5.41, 5.74) is 9.44. The van der Waals surface area contributed by atoms with Gasteiger partial charge in [0.05, 0.1) is 12.8 Å². The van der Waals surface area contributed by atoms with Gasteiger partial charge >= 0.3 is 5.97 Å². The summed E-state index contributed by atoms with van der Waals surface area (Å²) in [5.74, 6) is -0.798. The van der Waals surface area contributed by atoms with Gasteiger partial charge in [0.15, 0.2) is 0 Å². The lowest BCUT2D eigenvalue weighted by molar-refractivity contribution is -0.132. The minimum Gasteiger partial charge on any atom is -0.464 e. The van der Waals surface area contributed by atoms with Crippen molar-refractivity contribution in [3.8, 4) is 6.07 Å². The number of nitrogens with zero attached hydrogens (tertiary/aromatic N) is 2. The number of anilines is 2. The van der Waals surface area contributed by atoms with Crippen LogP contribution < -0.4 is 11.2 Å². The van der Waals surface area contributed by atoms with Gasteiger partial charge in [0, 0.05) is 11.1 Å². The maximum Gasteiger partial charge on any atom is 0.369 e. The molecule has 0 bridgehead atoms. The molecule has 0 aromatic heterocycles. The molecule has 20 heavy (non-hydrogen) atoms. The Morgan fingerprint density at radius 1 is 1.35 bits per heavy atom. The van der Waals surface area contributed by atoms with Gasteiger partial charge < -0.3 is 10.5 Å². The average Bonchev–Trinajstić information content (AvgIpc) is 2.47. The van der Waals surface area contributed by atoms with Crippen LogP contribution in [0.3, 0.4) is 0 Å². The predicted molar refractivity (Wildman–Crippen MR) is 77.0 cm³/mol. The largest absolute Gasteiger partial charge is 0.464 e. The molecule has 2 rings (SSSR count). The SMILES string of the molecule is COC(=O)/C(C#N)=N/Nc1cccc2cccc(N)c12. The molecule has 0 amide bonds. The van der Waals surface area contributed by atoms with Gasteiger partial charge in [-0.15, -0.1) is 0 Å². The van der Waals surface area contributed by atoms with Crippen molar-refractivity contribution in [3.63, 3.8) is 0 Å². The standard InChI is InChI=1S/C14H12N4O2/c1-20-14(19)12(8-15)18-17-11-7-3-5-9-4-2-6-10(16)13(9)11/h2-7,17H,16H2,1H3/b18-12+. The van der Waals surface area contributed by atoms with E-state index in [4.69, 9.17) is 11.0 Å². The lowest BCUT2D eigenvalue weighted by Crippen LogP contribution is -2.15. The maximum absolute atomic E-state index is 11.3.